The average Bonchev–Trinajstić information content (AvgIpc) is 3.08. The van der Waals surface area contributed by atoms with Gasteiger partial charge in [-0.3, -0.25) is 14.5 Å². The lowest BCUT2D eigenvalue weighted by atomic mass is 9.98. The molecule has 5 rings (SSSR count). The normalized spacial score (nSPS) is 17.6. The molecule has 2 amide bonds. The minimum Gasteiger partial charge on any atom is -0.486 e. The molecule has 8 heteroatoms. The van der Waals surface area contributed by atoms with Crippen molar-refractivity contribution in [1.29, 1.82) is 0 Å². The van der Waals surface area contributed by atoms with Gasteiger partial charge >= 0.3 is 0 Å². The SMILES string of the molecule is Cc1ccccc1Oc1ccc(CN(C)C[C@H]2Oc3c(NC(=O)C(C)c4ccccc4)cccc3C(=O)N(C(C)CO)C[C@H]2C)cc1. The molecule has 2 unspecified atom stereocenters. The molecular weight excluding hydrogens is 590 g/mol. The molecule has 1 aliphatic rings. The van der Waals surface area contributed by atoms with E-state index in [0.717, 1.165) is 28.2 Å². The number of aliphatic hydroxyl groups is 1. The highest BCUT2D eigenvalue weighted by atomic mass is 16.5. The molecule has 1 aliphatic heterocycles. The topological polar surface area (TPSA) is 91.3 Å². The minimum absolute atomic E-state index is 0.0690. The van der Waals surface area contributed by atoms with Crippen LogP contribution in [0.15, 0.2) is 97.1 Å². The van der Waals surface area contributed by atoms with Gasteiger partial charge in [0.15, 0.2) is 5.75 Å². The molecule has 0 spiro atoms. The molecule has 1 heterocycles. The molecule has 4 atom stereocenters. The van der Waals surface area contributed by atoms with Crippen LogP contribution in [0.2, 0.25) is 0 Å². The molecule has 0 saturated heterocycles. The fraction of sp³-hybridized carbons (Fsp3) is 0.333. The Morgan fingerprint density at radius 1 is 1.00 bits per heavy atom. The van der Waals surface area contributed by atoms with E-state index in [1.165, 1.54) is 0 Å². The number of likely N-dealkylation sites (N-methyl/N-ethyl adjacent to an activating group) is 1. The standard InChI is InChI=1S/C39H45N3O5/c1-26-12-9-10-17-35(26)46-32-20-18-30(19-21-32)23-41(5)24-36-27(2)22-42(28(3)25-43)39(45)33-15-11-16-34(37(33)47-36)40-38(44)29(4)31-13-7-6-8-14-31/h6-21,27-29,36,43H,22-25H2,1-5H3,(H,40,44)/t27-,28?,29?,36-/m1/s1. The van der Waals surface area contributed by atoms with Gasteiger partial charge < -0.3 is 24.8 Å². The van der Waals surface area contributed by atoms with Gasteiger partial charge in [-0.05, 0) is 74.8 Å². The third-order valence-electron chi connectivity index (χ3n) is 8.83. The fourth-order valence-corrected chi connectivity index (χ4v) is 5.84. The maximum atomic E-state index is 13.9. The Balaban J connectivity index is 1.36. The Hall–Kier alpha value is -4.66. The number of carbonyl (C=O) groups is 2. The molecule has 4 aromatic carbocycles. The van der Waals surface area contributed by atoms with Crippen molar-refractivity contribution in [3.8, 4) is 17.2 Å². The summed E-state index contributed by atoms with van der Waals surface area (Å²) in [6.07, 6.45) is -0.312. The van der Waals surface area contributed by atoms with Crippen LogP contribution in [0.3, 0.4) is 0 Å². The number of nitrogens with one attached hydrogen (secondary N) is 1. The van der Waals surface area contributed by atoms with Crippen LogP contribution in [0.5, 0.6) is 17.2 Å². The largest absolute Gasteiger partial charge is 0.486 e. The van der Waals surface area contributed by atoms with Gasteiger partial charge in [0.05, 0.1) is 29.8 Å². The zero-order valence-corrected chi connectivity index (χ0v) is 27.9. The number of benzene rings is 4. The third kappa shape index (κ3) is 8.20. The second kappa shape index (κ2) is 15.3. The predicted octanol–water partition coefficient (Wildman–Crippen LogP) is 6.88. The maximum absolute atomic E-state index is 13.9. The fourth-order valence-electron chi connectivity index (χ4n) is 5.84. The molecule has 4 aromatic rings. The molecular formula is C39H45N3O5. The molecule has 8 nitrogen and oxygen atoms in total. The quantitative estimate of drug-likeness (QED) is 0.187. The van der Waals surface area contributed by atoms with Gasteiger partial charge in [0, 0.05) is 25.6 Å². The summed E-state index contributed by atoms with van der Waals surface area (Å²) in [6, 6.07) is 30.5. The van der Waals surface area contributed by atoms with E-state index in [1.807, 2.05) is 94.5 Å². The third-order valence-corrected chi connectivity index (χ3v) is 8.83. The number of ether oxygens (including phenoxy) is 2. The summed E-state index contributed by atoms with van der Waals surface area (Å²) in [4.78, 5) is 31.2. The Kier molecular flexibility index (Phi) is 11.0. The van der Waals surface area contributed by atoms with E-state index >= 15 is 0 Å². The first-order valence-corrected chi connectivity index (χ1v) is 16.2. The first-order chi connectivity index (χ1) is 22.6. The molecule has 47 heavy (non-hydrogen) atoms. The second-order valence-electron chi connectivity index (χ2n) is 12.6. The van der Waals surface area contributed by atoms with E-state index in [4.69, 9.17) is 9.47 Å². The summed E-state index contributed by atoms with van der Waals surface area (Å²) >= 11 is 0. The van der Waals surface area contributed by atoms with E-state index < -0.39 is 5.92 Å². The number of hydrogen-bond donors (Lipinski definition) is 2. The van der Waals surface area contributed by atoms with E-state index in [-0.39, 0.29) is 36.5 Å². The highest BCUT2D eigenvalue weighted by Crippen LogP contribution is 2.36. The van der Waals surface area contributed by atoms with Gasteiger partial charge in [-0.25, -0.2) is 0 Å². The van der Waals surface area contributed by atoms with Crippen molar-refractivity contribution in [1.82, 2.24) is 9.80 Å². The number of nitrogens with zero attached hydrogens (tertiary/aromatic N) is 2. The lowest BCUT2D eigenvalue weighted by Gasteiger charge is -2.38. The summed E-state index contributed by atoms with van der Waals surface area (Å²) in [5.41, 5.74) is 3.91. The van der Waals surface area contributed by atoms with Gasteiger partial charge in [-0.15, -0.1) is 0 Å². The summed E-state index contributed by atoms with van der Waals surface area (Å²) < 4.78 is 12.8. The van der Waals surface area contributed by atoms with Crippen LogP contribution in [0.4, 0.5) is 5.69 Å². The lowest BCUT2D eigenvalue weighted by Crippen LogP contribution is -2.49. The Bertz CT molecular complexity index is 1660. The van der Waals surface area contributed by atoms with Gasteiger partial charge in [0.25, 0.3) is 5.91 Å². The van der Waals surface area contributed by atoms with Crippen LogP contribution >= 0.6 is 0 Å². The average molecular weight is 636 g/mol. The van der Waals surface area contributed by atoms with Crippen LogP contribution in [0, 0.1) is 12.8 Å². The summed E-state index contributed by atoms with van der Waals surface area (Å²) in [7, 11) is 2.04. The molecule has 0 aliphatic carbocycles. The summed E-state index contributed by atoms with van der Waals surface area (Å²) in [6.45, 7) is 9.29. The maximum Gasteiger partial charge on any atom is 0.258 e. The molecule has 0 bridgehead atoms. The number of anilines is 1. The smallest absolute Gasteiger partial charge is 0.258 e. The monoisotopic (exact) mass is 635 g/mol. The van der Waals surface area contributed by atoms with E-state index in [1.54, 1.807) is 23.1 Å². The van der Waals surface area contributed by atoms with Crippen molar-refractivity contribution >= 4 is 17.5 Å². The van der Waals surface area contributed by atoms with Crippen molar-refractivity contribution in [2.75, 3.05) is 32.1 Å². The number of amides is 2. The van der Waals surface area contributed by atoms with E-state index in [9.17, 15) is 14.7 Å². The summed E-state index contributed by atoms with van der Waals surface area (Å²) in [5, 5.41) is 13.1. The van der Waals surface area contributed by atoms with Crippen molar-refractivity contribution < 1.29 is 24.2 Å². The number of para-hydroxylation sites is 2. The van der Waals surface area contributed by atoms with Crippen molar-refractivity contribution in [3.63, 3.8) is 0 Å². The molecule has 0 radical (unpaired) electrons. The van der Waals surface area contributed by atoms with Crippen LogP contribution in [-0.2, 0) is 11.3 Å². The predicted molar refractivity (Wildman–Crippen MR) is 185 cm³/mol. The second-order valence-corrected chi connectivity index (χ2v) is 12.6. The van der Waals surface area contributed by atoms with Crippen LogP contribution in [0.25, 0.3) is 0 Å². The minimum atomic E-state index is -0.406. The van der Waals surface area contributed by atoms with Gasteiger partial charge in [-0.2, -0.15) is 0 Å². The first-order valence-electron chi connectivity index (χ1n) is 16.2. The number of fused-ring (bicyclic) bond motifs is 1. The number of hydrogen-bond acceptors (Lipinski definition) is 6. The molecule has 246 valence electrons. The number of aliphatic hydroxyl groups excluding tert-OH is 1. The van der Waals surface area contributed by atoms with Gasteiger partial charge in [-0.1, -0.05) is 73.7 Å². The lowest BCUT2D eigenvalue weighted by molar-refractivity contribution is -0.117. The Morgan fingerprint density at radius 3 is 2.40 bits per heavy atom. The number of carbonyl (C=O) groups excluding carboxylic acids is 2. The van der Waals surface area contributed by atoms with Crippen LogP contribution in [-0.4, -0.2) is 65.6 Å². The van der Waals surface area contributed by atoms with Crippen LogP contribution < -0.4 is 14.8 Å². The summed E-state index contributed by atoms with van der Waals surface area (Å²) in [5.74, 6) is 1.06. The number of aryl methyl sites for hydroxylation is 1. The molecule has 0 fully saturated rings. The Labute approximate surface area is 277 Å². The van der Waals surface area contributed by atoms with Crippen LogP contribution in [0.1, 0.15) is 53.7 Å². The molecule has 2 N–H and O–H groups in total. The molecule has 0 aromatic heterocycles. The number of rotatable bonds is 11. The van der Waals surface area contributed by atoms with Crippen molar-refractivity contribution in [2.24, 2.45) is 5.92 Å². The van der Waals surface area contributed by atoms with E-state index in [0.29, 0.717) is 36.6 Å². The van der Waals surface area contributed by atoms with Gasteiger partial charge in [0.1, 0.15) is 17.6 Å². The van der Waals surface area contributed by atoms with Crippen molar-refractivity contribution in [3.05, 3.63) is 119 Å². The first kappa shape index (κ1) is 33.7. The molecule has 0 saturated carbocycles. The highest BCUT2D eigenvalue weighted by Gasteiger charge is 2.35. The van der Waals surface area contributed by atoms with E-state index in [2.05, 4.69) is 29.3 Å². The zero-order chi connectivity index (χ0) is 33.5. The van der Waals surface area contributed by atoms with Crippen molar-refractivity contribution in [2.45, 2.75) is 52.3 Å². The highest BCUT2D eigenvalue weighted by molar-refractivity contribution is 6.02. The Morgan fingerprint density at radius 2 is 1.70 bits per heavy atom. The van der Waals surface area contributed by atoms with Gasteiger partial charge in [0.2, 0.25) is 5.91 Å². The zero-order valence-electron chi connectivity index (χ0n) is 27.9.